The van der Waals surface area contributed by atoms with Crippen molar-refractivity contribution in [2.24, 2.45) is 16.6 Å². The lowest BCUT2D eigenvalue weighted by molar-refractivity contribution is -0.0249. The van der Waals surface area contributed by atoms with Crippen molar-refractivity contribution in [3.05, 3.63) is 60.2 Å². The van der Waals surface area contributed by atoms with Gasteiger partial charge in [0.25, 0.3) is 0 Å². The SMILES string of the molecule is COc1ccc(NC(N)=NCC2CCCOC2c2ccccc2)cc1. The Hall–Kier alpha value is -2.53. The highest BCUT2D eigenvalue weighted by atomic mass is 16.5. The van der Waals surface area contributed by atoms with Crippen molar-refractivity contribution in [2.45, 2.75) is 18.9 Å². The molecule has 2 unspecified atom stereocenters. The molecule has 1 aliphatic rings. The molecular weight excluding hydrogens is 314 g/mol. The summed E-state index contributed by atoms with van der Waals surface area (Å²) in [6.07, 6.45) is 2.25. The fraction of sp³-hybridized carbons (Fsp3) is 0.350. The van der Waals surface area contributed by atoms with Crippen molar-refractivity contribution >= 4 is 11.6 Å². The van der Waals surface area contributed by atoms with Crippen molar-refractivity contribution < 1.29 is 9.47 Å². The maximum Gasteiger partial charge on any atom is 0.193 e. The molecule has 3 N–H and O–H groups in total. The molecule has 1 aliphatic heterocycles. The molecule has 3 rings (SSSR count). The topological polar surface area (TPSA) is 68.9 Å². The normalized spacial score (nSPS) is 20.9. The smallest absolute Gasteiger partial charge is 0.193 e. The van der Waals surface area contributed by atoms with E-state index in [1.165, 1.54) is 5.56 Å². The fourth-order valence-corrected chi connectivity index (χ4v) is 3.12. The van der Waals surface area contributed by atoms with Gasteiger partial charge in [0.2, 0.25) is 0 Å². The van der Waals surface area contributed by atoms with Crippen molar-refractivity contribution in [3.63, 3.8) is 0 Å². The Bertz CT molecular complexity index is 686. The third-order valence-electron chi connectivity index (χ3n) is 4.43. The van der Waals surface area contributed by atoms with Crippen LogP contribution in [-0.2, 0) is 4.74 Å². The zero-order valence-electron chi connectivity index (χ0n) is 14.5. The molecule has 2 atom stereocenters. The van der Waals surface area contributed by atoms with Gasteiger partial charge in [-0.25, -0.2) is 0 Å². The molecule has 132 valence electrons. The molecule has 25 heavy (non-hydrogen) atoms. The lowest BCUT2D eigenvalue weighted by atomic mass is 9.89. The molecule has 5 nitrogen and oxygen atoms in total. The van der Waals surface area contributed by atoms with Gasteiger partial charge >= 0.3 is 0 Å². The van der Waals surface area contributed by atoms with E-state index in [1.807, 2.05) is 42.5 Å². The first kappa shape index (κ1) is 17.3. The van der Waals surface area contributed by atoms with Gasteiger partial charge < -0.3 is 20.5 Å². The maximum absolute atomic E-state index is 6.04. The van der Waals surface area contributed by atoms with Crippen LogP contribution in [0.4, 0.5) is 5.69 Å². The number of nitrogens with two attached hydrogens (primary N) is 1. The Kier molecular flexibility index (Phi) is 5.90. The number of guanidine groups is 1. The number of ether oxygens (including phenoxy) is 2. The summed E-state index contributed by atoms with van der Waals surface area (Å²) < 4.78 is 11.2. The molecule has 0 aliphatic carbocycles. The van der Waals surface area contributed by atoms with E-state index in [9.17, 15) is 0 Å². The van der Waals surface area contributed by atoms with Crippen molar-refractivity contribution in [3.8, 4) is 5.75 Å². The number of hydrogen-bond acceptors (Lipinski definition) is 3. The van der Waals surface area contributed by atoms with Crippen LogP contribution in [0.15, 0.2) is 59.6 Å². The summed E-state index contributed by atoms with van der Waals surface area (Å²) in [4.78, 5) is 4.53. The number of rotatable bonds is 5. The Morgan fingerprint density at radius 2 is 1.96 bits per heavy atom. The summed E-state index contributed by atoms with van der Waals surface area (Å²) in [5.41, 5.74) is 8.15. The zero-order valence-corrected chi connectivity index (χ0v) is 14.5. The molecule has 1 heterocycles. The van der Waals surface area contributed by atoms with Crippen LogP contribution in [0.2, 0.25) is 0 Å². The van der Waals surface area contributed by atoms with Gasteiger partial charge in [-0.1, -0.05) is 30.3 Å². The number of hydrogen-bond donors (Lipinski definition) is 2. The summed E-state index contributed by atoms with van der Waals surface area (Å²) in [5, 5.41) is 3.12. The fourth-order valence-electron chi connectivity index (χ4n) is 3.12. The van der Waals surface area contributed by atoms with Crippen molar-refractivity contribution in [2.75, 3.05) is 25.6 Å². The number of anilines is 1. The molecule has 2 aromatic carbocycles. The van der Waals surface area contributed by atoms with Gasteiger partial charge in [0.15, 0.2) is 5.96 Å². The van der Waals surface area contributed by atoms with E-state index < -0.39 is 0 Å². The standard InChI is InChI=1S/C20H25N3O2/c1-24-18-11-9-17(10-12-18)23-20(21)22-14-16-8-5-13-25-19(16)15-6-3-2-4-7-15/h2-4,6-7,9-12,16,19H,5,8,13-14H2,1H3,(H3,21,22,23). The van der Waals surface area contributed by atoms with Crippen molar-refractivity contribution in [1.82, 2.24) is 0 Å². The van der Waals surface area contributed by atoms with E-state index in [4.69, 9.17) is 15.2 Å². The predicted molar refractivity (Wildman–Crippen MR) is 101 cm³/mol. The van der Waals surface area contributed by atoms with Gasteiger partial charge in [-0.3, -0.25) is 4.99 Å². The number of benzene rings is 2. The van der Waals surface area contributed by atoms with Crippen LogP contribution >= 0.6 is 0 Å². The minimum absolute atomic E-state index is 0.0903. The van der Waals surface area contributed by atoms with Crippen LogP contribution in [0.25, 0.3) is 0 Å². The summed E-state index contributed by atoms with van der Waals surface area (Å²) >= 11 is 0. The van der Waals surface area contributed by atoms with E-state index in [1.54, 1.807) is 7.11 Å². The largest absolute Gasteiger partial charge is 0.497 e. The lowest BCUT2D eigenvalue weighted by Crippen LogP contribution is -2.28. The summed E-state index contributed by atoms with van der Waals surface area (Å²) in [7, 11) is 1.65. The second-order valence-electron chi connectivity index (χ2n) is 6.18. The molecule has 0 aromatic heterocycles. The molecule has 1 fully saturated rings. The zero-order chi connectivity index (χ0) is 17.5. The van der Waals surface area contributed by atoms with E-state index in [-0.39, 0.29) is 6.10 Å². The quantitative estimate of drug-likeness (QED) is 0.645. The molecule has 0 spiro atoms. The van der Waals surface area contributed by atoms with E-state index in [2.05, 4.69) is 22.4 Å². The third kappa shape index (κ3) is 4.73. The van der Waals surface area contributed by atoms with Gasteiger partial charge in [0.05, 0.1) is 13.2 Å². The average molecular weight is 339 g/mol. The van der Waals surface area contributed by atoms with Crippen LogP contribution < -0.4 is 15.8 Å². The predicted octanol–water partition coefficient (Wildman–Crippen LogP) is 3.59. The third-order valence-corrected chi connectivity index (χ3v) is 4.43. The Labute approximate surface area is 148 Å². The average Bonchev–Trinajstić information content (AvgIpc) is 2.68. The first-order valence-electron chi connectivity index (χ1n) is 8.64. The van der Waals surface area contributed by atoms with Gasteiger partial charge in [-0.05, 0) is 42.7 Å². The molecule has 5 heteroatoms. The maximum atomic E-state index is 6.04. The number of methoxy groups -OCH3 is 1. The second-order valence-corrected chi connectivity index (χ2v) is 6.18. The van der Waals surface area contributed by atoms with E-state index in [0.717, 1.165) is 30.9 Å². The van der Waals surface area contributed by atoms with Gasteiger partial charge in [0, 0.05) is 24.8 Å². The van der Waals surface area contributed by atoms with Crippen LogP contribution in [-0.4, -0.2) is 26.2 Å². The Morgan fingerprint density at radius 3 is 2.68 bits per heavy atom. The first-order valence-corrected chi connectivity index (χ1v) is 8.64. The first-order chi connectivity index (χ1) is 12.3. The summed E-state index contributed by atoms with van der Waals surface area (Å²) in [6.45, 7) is 1.45. The molecule has 0 bridgehead atoms. The number of nitrogens with zero attached hydrogens (tertiary/aromatic N) is 1. The second kappa shape index (κ2) is 8.53. The highest BCUT2D eigenvalue weighted by Gasteiger charge is 2.27. The van der Waals surface area contributed by atoms with Crippen LogP contribution in [0, 0.1) is 5.92 Å². The molecule has 1 saturated heterocycles. The van der Waals surface area contributed by atoms with Gasteiger partial charge in [0.1, 0.15) is 5.75 Å². The lowest BCUT2D eigenvalue weighted by Gasteiger charge is -2.31. The molecule has 0 amide bonds. The minimum atomic E-state index is 0.0903. The van der Waals surface area contributed by atoms with Crippen LogP contribution in [0.1, 0.15) is 24.5 Å². The number of aliphatic imine (C=N–C) groups is 1. The highest BCUT2D eigenvalue weighted by Crippen LogP contribution is 2.33. The Balaban J connectivity index is 1.62. The molecule has 0 saturated carbocycles. The van der Waals surface area contributed by atoms with Gasteiger partial charge in [-0.15, -0.1) is 0 Å². The van der Waals surface area contributed by atoms with Crippen LogP contribution in [0.3, 0.4) is 0 Å². The van der Waals surface area contributed by atoms with Gasteiger partial charge in [-0.2, -0.15) is 0 Å². The highest BCUT2D eigenvalue weighted by molar-refractivity contribution is 5.92. The Morgan fingerprint density at radius 1 is 1.20 bits per heavy atom. The monoisotopic (exact) mass is 339 g/mol. The molecular formula is C20H25N3O2. The van der Waals surface area contributed by atoms with Crippen molar-refractivity contribution in [1.29, 1.82) is 0 Å². The summed E-state index contributed by atoms with van der Waals surface area (Å²) in [5.74, 6) is 1.57. The molecule has 2 aromatic rings. The molecule has 0 radical (unpaired) electrons. The van der Waals surface area contributed by atoms with E-state index >= 15 is 0 Å². The summed E-state index contributed by atoms with van der Waals surface area (Å²) in [6, 6.07) is 18.0. The van der Waals surface area contributed by atoms with E-state index in [0.29, 0.717) is 18.4 Å². The number of nitrogens with one attached hydrogen (secondary N) is 1. The van der Waals surface area contributed by atoms with Crippen LogP contribution in [0.5, 0.6) is 5.75 Å². The minimum Gasteiger partial charge on any atom is -0.497 e.